The number of hydrogen-bond acceptors (Lipinski definition) is 4. The molecule has 0 atom stereocenters. The summed E-state index contributed by atoms with van der Waals surface area (Å²) in [4.78, 5) is 34.0. The van der Waals surface area contributed by atoms with Gasteiger partial charge in [-0.15, -0.1) is 0 Å². The number of carbonyl (C=O) groups is 2. The van der Waals surface area contributed by atoms with Crippen molar-refractivity contribution in [3.05, 3.63) is 77.3 Å². The molecule has 2 heterocycles. The molecule has 0 saturated carbocycles. The molecule has 2 aromatic heterocycles. The zero-order valence-corrected chi connectivity index (χ0v) is 18.1. The number of Topliss-reactive ketones (excluding diaryl/α,β-unsaturated/α-hetero) is 1. The first kappa shape index (κ1) is 20.2. The maximum Gasteiger partial charge on any atom is 0.226 e. The van der Waals surface area contributed by atoms with Gasteiger partial charge in [-0.1, -0.05) is 41.9 Å². The van der Waals surface area contributed by atoms with Gasteiger partial charge in [-0.05, 0) is 43.3 Å². The van der Waals surface area contributed by atoms with Crippen molar-refractivity contribution in [3.63, 3.8) is 0 Å². The summed E-state index contributed by atoms with van der Waals surface area (Å²) in [6.07, 6.45) is 0.211. The second kappa shape index (κ2) is 8.05. The molecule has 0 fully saturated rings. The third-order valence-electron chi connectivity index (χ3n) is 5.47. The van der Waals surface area contributed by atoms with Gasteiger partial charge in [-0.3, -0.25) is 9.59 Å². The fraction of sp³-hybridized carbons (Fsp3) is 0.120. The number of fused-ring (bicyclic) bond motifs is 4. The molecule has 0 bridgehead atoms. The minimum Gasteiger partial charge on any atom is -0.325 e. The molecular weight excluding hydrogens is 424 g/mol. The van der Waals surface area contributed by atoms with E-state index in [2.05, 4.69) is 5.32 Å². The number of amides is 1. The van der Waals surface area contributed by atoms with Crippen LogP contribution >= 0.6 is 11.6 Å². The van der Waals surface area contributed by atoms with Crippen LogP contribution in [0.1, 0.15) is 23.7 Å². The molecule has 7 heteroatoms. The van der Waals surface area contributed by atoms with Crippen molar-refractivity contribution in [2.24, 2.45) is 0 Å². The number of para-hydroxylation sites is 3. The molecule has 5 aromatic rings. The first-order chi connectivity index (χ1) is 15.5. The van der Waals surface area contributed by atoms with E-state index >= 15 is 0 Å². The number of ketones is 1. The number of nitrogens with one attached hydrogen (secondary N) is 1. The average molecular weight is 443 g/mol. The van der Waals surface area contributed by atoms with Crippen LogP contribution in [0.5, 0.6) is 0 Å². The van der Waals surface area contributed by atoms with Crippen molar-refractivity contribution in [2.45, 2.75) is 19.9 Å². The molecule has 32 heavy (non-hydrogen) atoms. The number of hydrogen-bond donors (Lipinski definition) is 1. The lowest BCUT2D eigenvalue weighted by Crippen LogP contribution is -2.15. The summed E-state index contributed by atoms with van der Waals surface area (Å²) in [6.45, 7) is 1.90. The predicted octanol–water partition coefficient (Wildman–Crippen LogP) is 5.62. The SMILES string of the molecule is CC(=O)c1ccc(Cl)c(NC(=O)CCn2c3ccccc3c3nc4ccccc4nc32)c1. The number of carbonyl (C=O) groups excluding carboxylic acids is 2. The van der Waals surface area contributed by atoms with Gasteiger partial charge in [0.25, 0.3) is 0 Å². The highest BCUT2D eigenvalue weighted by molar-refractivity contribution is 6.33. The molecule has 1 amide bonds. The van der Waals surface area contributed by atoms with Crippen molar-refractivity contribution < 1.29 is 9.59 Å². The third kappa shape index (κ3) is 3.59. The zero-order chi connectivity index (χ0) is 22.2. The summed E-state index contributed by atoms with van der Waals surface area (Å²) in [5, 5.41) is 4.21. The van der Waals surface area contributed by atoms with E-state index in [4.69, 9.17) is 21.6 Å². The van der Waals surface area contributed by atoms with Gasteiger partial charge in [0.15, 0.2) is 11.4 Å². The van der Waals surface area contributed by atoms with E-state index in [1.807, 2.05) is 53.1 Å². The summed E-state index contributed by atoms with van der Waals surface area (Å²) < 4.78 is 2.03. The van der Waals surface area contributed by atoms with Crippen LogP contribution in [0.25, 0.3) is 33.1 Å². The normalized spacial score (nSPS) is 11.3. The van der Waals surface area contributed by atoms with Gasteiger partial charge in [0.05, 0.1) is 27.3 Å². The van der Waals surface area contributed by atoms with Crippen molar-refractivity contribution in [1.29, 1.82) is 0 Å². The predicted molar refractivity (Wildman–Crippen MR) is 127 cm³/mol. The van der Waals surface area contributed by atoms with E-state index in [9.17, 15) is 9.59 Å². The van der Waals surface area contributed by atoms with Gasteiger partial charge >= 0.3 is 0 Å². The number of nitrogens with zero attached hydrogens (tertiary/aromatic N) is 3. The van der Waals surface area contributed by atoms with E-state index in [0.29, 0.717) is 22.8 Å². The van der Waals surface area contributed by atoms with E-state index in [1.54, 1.807) is 18.2 Å². The first-order valence-corrected chi connectivity index (χ1v) is 10.6. The molecule has 0 unspecified atom stereocenters. The van der Waals surface area contributed by atoms with Crippen molar-refractivity contribution in [3.8, 4) is 0 Å². The molecule has 158 valence electrons. The topological polar surface area (TPSA) is 76.9 Å². The molecule has 0 radical (unpaired) electrons. The minimum absolute atomic E-state index is 0.0896. The van der Waals surface area contributed by atoms with Gasteiger partial charge in [0, 0.05) is 23.9 Å². The van der Waals surface area contributed by atoms with Crippen LogP contribution in [0.2, 0.25) is 5.02 Å². The molecule has 5 rings (SSSR count). The van der Waals surface area contributed by atoms with Gasteiger partial charge in [-0.25, -0.2) is 9.97 Å². The van der Waals surface area contributed by atoms with Crippen molar-refractivity contribution in [1.82, 2.24) is 14.5 Å². The first-order valence-electron chi connectivity index (χ1n) is 10.3. The van der Waals surface area contributed by atoms with E-state index in [1.165, 1.54) is 6.92 Å². The second-order valence-corrected chi connectivity index (χ2v) is 8.01. The molecule has 0 aliphatic rings. The fourth-order valence-electron chi connectivity index (χ4n) is 3.88. The van der Waals surface area contributed by atoms with Crippen LogP contribution in [0.4, 0.5) is 5.69 Å². The smallest absolute Gasteiger partial charge is 0.226 e. The van der Waals surface area contributed by atoms with Crippen LogP contribution in [0, 0.1) is 0 Å². The van der Waals surface area contributed by atoms with E-state index in [0.717, 1.165) is 33.1 Å². The Labute approximate surface area is 188 Å². The van der Waals surface area contributed by atoms with Crippen molar-refractivity contribution in [2.75, 3.05) is 5.32 Å². The molecule has 3 aromatic carbocycles. The molecule has 6 nitrogen and oxygen atoms in total. The fourth-order valence-corrected chi connectivity index (χ4v) is 4.04. The van der Waals surface area contributed by atoms with Crippen LogP contribution in [-0.2, 0) is 11.3 Å². The Balaban J connectivity index is 1.47. The Hall–Kier alpha value is -3.77. The van der Waals surface area contributed by atoms with Crippen LogP contribution < -0.4 is 5.32 Å². The minimum atomic E-state index is -0.202. The quantitative estimate of drug-likeness (QED) is 0.358. The van der Waals surface area contributed by atoms with Crippen molar-refractivity contribution >= 4 is 62.1 Å². The van der Waals surface area contributed by atoms with Gasteiger partial charge in [-0.2, -0.15) is 0 Å². The van der Waals surface area contributed by atoms with Crippen LogP contribution in [0.15, 0.2) is 66.7 Å². The molecule has 1 N–H and O–H groups in total. The summed E-state index contributed by atoms with van der Waals surface area (Å²) in [5.74, 6) is -0.291. The number of benzene rings is 3. The van der Waals surface area contributed by atoms with E-state index < -0.39 is 0 Å². The maximum atomic E-state index is 12.7. The lowest BCUT2D eigenvalue weighted by atomic mass is 10.1. The maximum absolute atomic E-state index is 12.7. The summed E-state index contributed by atoms with van der Waals surface area (Å²) in [7, 11) is 0. The summed E-state index contributed by atoms with van der Waals surface area (Å²) >= 11 is 6.21. The highest BCUT2D eigenvalue weighted by atomic mass is 35.5. The Bertz CT molecular complexity index is 1520. The van der Waals surface area contributed by atoms with E-state index in [-0.39, 0.29) is 18.1 Å². The molecule has 0 spiro atoms. The number of rotatable bonds is 5. The zero-order valence-electron chi connectivity index (χ0n) is 17.3. The summed E-state index contributed by atoms with van der Waals surface area (Å²) in [6, 6.07) is 20.6. The Morgan fingerprint density at radius 1 is 0.969 bits per heavy atom. The monoisotopic (exact) mass is 442 g/mol. The summed E-state index contributed by atoms with van der Waals surface area (Å²) in [5.41, 5.74) is 5.10. The largest absolute Gasteiger partial charge is 0.325 e. The standard InChI is InChI=1S/C25H19ClN4O2/c1-15(31)16-10-11-18(26)21(14-16)27-23(32)12-13-30-22-9-5-2-6-17(22)24-25(30)29-20-8-4-3-7-19(20)28-24/h2-11,14H,12-13H2,1H3,(H,27,32). The van der Waals surface area contributed by atoms with Gasteiger partial charge in [0.1, 0.15) is 5.52 Å². The third-order valence-corrected chi connectivity index (χ3v) is 5.80. The highest BCUT2D eigenvalue weighted by Crippen LogP contribution is 2.29. The average Bonchev–Trinajstić information content (AvgIpc) is 3.10. The molecule has 0 saturated heterocycles. The second-order valence-electron chi connectivity index (χ2n) is 7.60. The van der Waals surface area contributed by atoms with Crippen LogP contribution in [0.3, 0.4) is 0 Å². The Morgan fingerprint density at radius 2 is 1.69 bits per heavy atom. The lowest BCUT2D eigenvalue weighted by molar-refractivity contribution is -0.116. The van der Waals surface area contributed by atoms with Gasteiger partial charge in [0.2, 0.25) is 5.91 Å². The number of anilines is 1. The Morgan fingerprint density at radius 3 is 2.47 bits per heavy atom. The molecule has 0 aliphatic heterocycles. The lowest BCUT2D eigenvalue weighted by Gasteiger charge is -2.10. The number of aryl methyl sites for hydroxylation is 1. The number of aromatic nitrogens is 3. The molecule has 0 aliphatic carbocycles. The van der Waals surface area contributed by atoms with Crippen LogP contribution in [-0.4, -0.2) is 26.2 Å². The Kier molecular flexibility index (Phi) is 5.07. The van der Waals surface area contributed by atoms with Gasteiger partial charge < -0.3 is 9.88 Å². The number of halogens is 1. The highest BCUT2D eigenvalue weighted by Gasteiger charge is 2.16. The molecular formula is C25H19ClN4O2.